The molecule has 1 aromatic carbocycles. The minimum absolute atomic E-state index is 0.0625. The van der Waals surface area contributed by atoms with Crippen molar-refractivity contribution in [1.82, 2.24) is 5.32 Å². The molecule has 1 rings (SSSR count). The minimum Gasteiger partial charge on any atom is -0.480 e. The first-order valence-corrected chi connectivity index (χ1v) is 8.26. The zero-order chi connectivity index (χ0) is 18.1. The van der Waals surface area contributed by atoms with Gasteiger partial charge in [0.05, 0.1) is 13.2 Å². The van der Waals surface area contributed by atoms with Gasteiger partial charge in [0.15, 0.2) is 0 Å². The molecule has 2 unspecified atom stereocenters. The maximum atomic E-state index is 12.1. The number of carbonyl (C=O) groups excluding carboxylic acids is 1. The van der Waals surface area contributed by atoms with E-state index in [1.54, 1.807) is 25.1 Å². The predicted molar refractivity (Wildman–Crippen MR) is 91.6 cm³/mol. The van der Waals surface area contributed by atoms with Crippen molar-refractivity contribution >= 4 is 35.1 Å². The van der Waals surface area contributed by atoms with E-state index in [4.69, 9.17) is 32.7 Å². The number of aliphatic carboxylic acids is 1. The Morgan fingerprint density at radius 2 is 1.83 bits per heavy atom. The number of nitrogens with one attached hydrogen (secondary N) is 1. The van der Waals surface area contributed by atoms with Crippen molar-refractivity contribution in [3.8, 4) is 0 Å². The fraction of sp³-hybridized carbons (Fsp3) is 0.500. The van der Waals surface area contributed by atoms with E-state index in [1.807, 2.05) is 6.92 Å². The Hall–Kier alpha value is -1.34. The molecule has 24 heavy (non-hydrogen) atoms. The first kappa shape index (κ1) is 20.7. The van der Waals surface area contributed by atoms with Crippen molar-refractivity contribution in [3.05, 3.63) is 33.8 Å². The summed E-state index contributed by atoms with van der Waals surface area (Å²) >= 11 is 11.8. The number of halogens is 2. The van der Waals surface area contributed by atoms with Crippen molar-refractivity contribution in [1.29, 1.82) is 0 Å². The van der Waals surface area contributed by atoms with Crippen LogP contribution in [0.2, 0.25) is 10.0 Å². The van der Waals surface area contributed by atoms with Gasteiger partial charge in [0.25, 0.3) is 0 Å². The van der Waals surface area contributed by atoms with Gasteiger partial charge in [-0.3, -0.25) is 4.79 Å². The van der Waals surface area contributed by atoms with Crippen LogP contribution in [-0.2, 0) is 25.5 Å². The van der Waals surface area contributed by atoms with Crippen molar-refractivity contribution in [2.75, 3.05) is 19.8 Å². The molecule has 0 saturated heterocycles. The molecule has 134 valence electrons. The molecule has 1 amide bonds. The zero-order valence-electron chi connectivity index (χ0n) is 13.6. The number of hydrogen-bond donors (Lipinski definition) is 2. The molecular weight excluding hydrogens is 357 g/mol. The summed E-state index contributed by atoms with van der Waals surface area (Å²) in [5, 5.41) is 12.6. The van der Waals surface area contributed by atoms with E-state index in [0.717, 1.165) is 0 Å². The molecule has 0 radical (unpaired) electrons. The Labute approximate surface area is 151 Å². The van der Waals surface area contributed by atoms with E-state index >= 15 is 0 Å². The summed E-state index contributed by atoms with van der Waals surface area (Å²) in [4.78, 5) is 23.4. The number of carboxylic acid groups (broad SMARTS) is 1. The quantitative estimate of drug-likeness (QED) is 0.612. The Kier molecular flexibility index (Phi) is 9.07. The fourth-order valence-corrected chi connectivity index (χ4v) is 2.53. The number of carboxylic acids is 1. The Morgan fingerprint density at radius 3 is 2.38 bits per heavy atom. The summed E-state index contributed by atoms with van der Waals surface area (Å²) in [6.45, 7) is 4.60. The molecule has 2 N–H and O–H groups in total. The van der Waals surface area contributed by atoms with Crippen LogP contribution in [-0.4, -0.2) is 48.9 Å². The van der Waals surface area contributed by atoms with Crippen LogP contribution in [0.3, 0.4) is 0 Å². The van der Waals surface area contributed by atoms with Crippen LogP contribution >= 0.6 is 23.2 Å². The van der Waals surface area contributed by atoms with E-state index in [1.165, 1.54) is 0 Å². The minimum atomic E-state index is -1.15. The van der Waals surface area contributed by atoms with Gasteiger partial charge in [0.2, 0.25) is 5.91 Å². The normalized spacial score (nSPS) is 13.3. The first-order valence-electron chi connectivity index (χ1n) is 7.51. The summed E-state index contributed by atoms with van der Waals surface area (Å²) in [5.41, 5.74) is 0.616. The van der Waals surface area contributed by atoms with Crippen molar-refractivity contribution in [2.45, 2.75) is 32.4 Å². The predicted octanol–water partition coefficient (Wildman–Crippen LogP) is 2.55. The third-order valence-electron chi connectivity index (χ3n) is 3.15. The molecule has 2 atom stereocenters. The number of benzene rings is 1. The summed E-state index contributed by atoms with van der Waals surface area (Å²) in [6.07, 6.45) is -0.720. The molecule has 0 aromatic heterocycles. The lowest BCUT2D eigenvalue weighted by molar-refractivity contribution is -0.144. The second kappa shape index (κ2) is 10.5. The lowest BCUT2D eigenvalue weighted by Crippen LogP contribution is -2.46. The molecule has 1 aromatic rings. The van der Waals surface area contributed by atoms with Crippen LogP contribution in [0.15, 0.2) is 18.2 Å². The highest BCUT2D eigenvalue weighted by atomic mass is 35.5. The molecule has 0 aliphatic rings. The van der Waals surface area contributed by atoms with Gasteiger partial charge >= 0.3 is 5.97 Å². The summed E-state index contributed by atoms with van der Waals surface area (Å²) < 4.78 is 10.4. The van der Waals surface area contributed by atoms with E-state index in [0.29, 0.717) is 28.8 Å². The smallest absolute Gasteiger partial charge is 0.326 e. The zero-order valence-corrected chi connectivity index (χ0v) is 15.1. The van der Waals surface area contributed by atoms with Crippen LogP contribution < -0.4 is 5.32 Å². The maximum Gasteiger partial charge on any atom is 0.326 e. The molecule has 8 heteroatoms. The summed E-state index contributed by atoms with van der Waals surface area (Å²) in [6, 6.07) is 3.66. The molecule has 0 saturated carbocycles. The second-order valence-corrected chi connectivity index (χ2v) is 5.96. The fourth-order valence-electron chi connectivity index (χ4n) is 1.96. The topological polar surface area (TPSA) is 84.9 Å². The van der Waals surface area contributed by atoms with Crippen LogP contribution in [0, 0.1) is 0 Å². The summed E-state index contributed by atoms with van der Waals surface area (Å²) in [7, 11) is 0. The molecule has 0 aliphatic heterocycles. The van der Waals surface area contributed by atoms with Crippen LogP contribution in [0.5, 0.6) is 0 Å². The third-order valence-corrected chi connectivity index (χ3v) is 3.58. The van der Waals surface area contributed by atoms with Crippen molar-refractivity contribution < 1.29 is 24.2 Å². The SMILES string of the molecule is CCOCCOC(C)C(=O)NC(Cc1cc(Cl)cc(Cl)c1)C(=O)O. The monoisotopic (exact) mass is 377 g/mol. The lowest BCUT2D eigenvalue weighted by atomic mass is 10.1. The van der Waals surface area contributed by atoms with Crippen molar-refractivity contribution in [3.63, 3.8) is 0 Å². The number of amides is 1. The van der Waals surface area contributed by atoms with Gasteiger partial charge in [0, 0.05) is 23.1 Å². The molecular formula is C16H21Cl2NO5. The first-order chi connectivity index (χ1) is 11.3. The summed E-state index contributed by atoms with van der Waals surface area (Å²) in [5.74, 6) is -1.66. The number of rotatable bonds is 10. The standard InChI is InChI=1S/C16H21Cl2NO5/c1-3-23-4-5-24-10(2)15(20)19-14(16(21)22)8-11-6-12(17)9-13(18)7-11/h6-7,9-10,14H,3-5,8H2,1-2H3,(H,19,20)(H,21,22). The van der Waals surface area contributed by atoms with Gasteiger partial charge in [-0.1, -0.05) is 23.2 Å². The van der Waals surface area contributed by atoms with Crippen LogP contribution in [0.4, 0.5) is 0 Å². The highest BCUT2D eigenvalue weighted by molar-refractivity contribution is 6.34. The van der Waals surface area contributed by atoms with Gasteiger partial charge in [-0.05, 0) is 37.6 Å². The number of hydrogen-bond acceptors (Lipinski definition) is 4. The van der Waals surface area contributed by atoms with Crippen molar-refractivity contribution in [2.24, 2.45) is 0 Å². The van der Waals surface area contributed by atoms with Gasteiger partial charge in [-0.25, -0.2) is 4.79 Å². The third kappa shape index (κ3) is 7.49. The molecule has 6 nitrogen and oxygen atoms in total. The number of ether oxygens (including phenoxy) is 2. The number of carbonyl (C=O) groups is 2. The average molecular weight is 378 g/mol. The Bertz CT molecular complexity index is 547. The maximum absolute atomic E-state index is 12.1. The Balaban J connectivity index is 2.62. The van der Waals surface area contributed by atoms with Gasteiger partial charge in [-0.15, -0.1) is 0 Å². The lowest BCUT2D eigenvalue weighted by Gasteiger charge is -2.18. The van der Waals surface area contributed by atoms with E-state index in [9.17, 15) is 14.7 Å². The van der Waals surface area contributed by atoms with Gasteiger partial charge < -0.3 is 19.9 Å². The second-order valence-electron chi connectivity index (χ2n) is 5.09. The molecule has 0 heterocycles. The Morgan fingerprint density at radius 1 is 1.21 bits per heavy atom. The highest BCUT2D eigenvalue weighted by Crippen LogP contribution is 2.20. The highest BCUT2D eigenvalue weighted by Gasteiger charge is 2.24. The van der Waals surface area contributed by atoms with E-state index in [2.05, 4.69) is 5.32 Å². The average Bonchev–Trinajstić information content (AvgIpc) is 2.49. The molecule has 0 aliphatic carbocycles. The van der Waals surface area contributed by atoms with Gasteiger partial charge in [-0.2, -0.15) is 0 Å². The van der Waals surface area contributed by atoms with Crippen LogP contribution in [0.1, 0.15) is 19.4 Å². The van der Waals surface area contributed by atoms with Gasteiger partial charge in [0.1, 0.15) is 12.1 Å². The molecule has 0 bridgehead atoms. The van der Waals surface area contributed by atoms with E-state index < -0.39 is 24.0 Å². The molecule has 0 fully saturated rings. The van der Waals surface area contributed by atoms with Crippen LogP contribution in [0.25, 0.3) is 0 Å². The molecule has 0 spiro atoms. The largest absolute Gasteiger partial charge is 0.480 e. The van der Waals surface area contributed by atoms with E-state index in [-0.39, 0.29) is 13.0 Å².